The van der Waals surface area contributed by atoms with Crippen molar-refractivity contribution in [1.29, 1.82) is 0 Å². The van der Waals surface area contributed by atoms with Gasteiger partial charge in [0.1, 0.15) is 5.82 Å². The van der Waals surface area contributed by atoms with E-state index in [-0.39, 0.29) is 41.1 Å². The highest BCUT2D eigenvalue weighted by molar-refractivity contribution is 7.89. The molecule has 1 atom stereocenters. The van der Waals surface area contributed by atoms with Crippen molar-refractivity contribution in [2.24, 2.45) is 0 Å². The maximum atomic E-state index is 13.4. The first-order valence-corrected chi connectivity index (χ1v) is 7.62. The Balaban J connectivity index is 2.20. The summed E-state index contributed by atoms with van der Waals surface area (Å²) in [7, 11) is -3.79. The quantitative estimate of drug-likeness (QED) is 0.698. The highest BCUT2D eigenvalue weighted by Crippen LogP contribution is 2.21. The molecular weight excluding hydrogens is 285 g/mol. The van der Waals surface area contributed by atoms with Gasteiger partial charge in [-0.1, -0.05) is 0 Å². The summed E-state index contributed by atoms with van der Waals surface area (Å²) in [5, 5.41) is 2.59. The molecule has 0 aliphatic carbocycles. The van der Waals surface area contributed by atoms with Crippen molar-refractivity contribution in [3.63, 3.8) is 0 Å². The topological polar surface area (TPSA) is 101 Å². The number of benzene rings is 1. The number of hydrogen-bond donors (Lipinski definition) is 3. The minimum atomic E-state index is -3.79. The van der Waals surface area contributed by atoms with E-state index in [9.17, 15) is 17.6 Å². The van der Waals surface area contributed by atoms with Crippen molar-refractivity contribution in [2.75, 3.05) is 12.3 Å². The Hall–Kier alpha value is -1.67. The van der Waals surface area contributed by atoms with Gasteiger partial charge in [-0.2, -0.15) is 0 Å². The molecule has 1 aromatic carbocycles. The number of amides is 1. The second-order valence-corrected chi connectivity index (χ2v) is 6.52. The Kier molecular flexibility index (Phi) is 3.96. The maximum Gasteiger partial charge on any atom is 0.240 e. The number of hydrogen-bond acceptors (Lipinski definition) is 4. The van der Waals surface area contributed by atoms with Crippen LogP contribution in [0, 0.1) is 12.7 Å². The second kappa shape index (κ2) is 5.37. The van der Waals surface area contributed by atoms with Crippen molar-refractivity contribution in [1.82, 2.24) is 10.0 Å². The molecule has 2 rings (SSSR count). The van der Waals surface area contributed by atoms with Gasteiger partial charge in [0.25, 0.3) is 0 Å². The van der Waals surface area contributed by atoms with Gasteiger partial charge in [0.2, 0.25) is 15.9 Å². The largest absolute Gasteiger partial charge is 0.396 e. The van der Waals surface area contributed by atoms with Gasteiger partial charge < -0.3 is 11.1 Å². The Morgan fingerprint density at radius 2 is 2.15 bits per heavy atom. The van der Waals surface area contributed by atoms with Gasteiger partial charge in [0.05, 0.1) is 10.6 Å². The molecule has 0 saturated carbocycles. The standard InChI is InChI=1S/C12H16FN3O3S/c1-7-4-9(5-10(14)12(7)13)20(18,19)16-8-2-3-11(17)15-6-8/h4-5,8,16H,2-3,6,14H2,1H3,(H,15,17). The average Bonchev–Trinajstić information content (AvgIpc) is 2.38. The number of carbonyl (C=O) groups is 1. The second-order valence-electron chi connectivity index (χ2n) is 4.80. The van der Waals surface area contributed by atoms with Crippen LogP contribution in [-0.2, 0) is 14.8 Å². The molecule has 0 aromatic heterocycles. The van der Waals surface area contributed by atoms with Crippen LogP contribution in [0.2, 0.25) is 0 Å². The zero-order chi connectivity index (χ0) is 14.9. The van der Waals surface area contributed by atoms with Crippen molar-refractivity contribution in [3.05, 3.63) is 23.5 Å². The Bertz CT molecular complexity index is 612. The fourth-order valence-corrected chi connectivity index (χ4v) is 3.43. The van der Waals surface area contributed by atoms with Gasteiger partial charge in [-0.15, -0.1) is 0 Å². The third-order valence-corrected chi connectivity index (χ3v) is 4.65. The molecule has 6 nitrogen and oxygen atoms in total. The lowest BCUT2D eigenvalue weighted by Gasteiger charge is -2.23. The molecule has 1 aliphatic heterocycles. The van der Waals surface area contributed by atoms with Crippen molar-refractivity contribution in [3.8, 4) is 0 Å². The van der Waals surface area contributed by atoms with Crippen LogP contribution in [0.15, 0.2) is 17.0 Å². The molecule has 0 spiro atoms. The fourth-order valence-electron chi connectivity index (χ4n) is 2.04. The molecular formula is C12H16FN3O3S. The third-order valence-electron chi connectivity index (χ3n) is 3.15. The lowest BCUT2D eigenvalue weighted by molar-refractivity contribution is -0.122. The molecule has 20 heavy (non-hydrogen) atoms. The SMILES string of the molecule is Cc1cc(S(=O)(=O)NC2CCC(=O)NC2)cc(N)c1F. The summed E-state index contributed by atoms with van der Waals surface area (Å²) >= 11 is 0. The Labute approximate surface area is 116 Å². The Morgan fingerprint density at radius 1 is 1.45 bits per heavy atom. The van der Waals surface area contributed by atoms with E-state index in [1.54, 1.807) is 0 Å². The van der Waals surface area contributed by atoms with Crippen LogP contribution in [0.4, 0.5) is 10.1 Å². The monoisotopic (exact) mass is 301 g/mol. The lowest BCUT2D eigenvalue weighted by Crippen LogP contribution is -2.47. The summed E-state index contributed by atoms with van der Waals surface area (Å²) in [5.74, 6) is -0.712. The van der Waals surface area contributed by atoms with E-state index in [0.29, 0.717) is 6.42 Å². The molecule has 1 amide bonds. The van der Waals surface area contributed by atoms with Crippen molar-refractivity contribution < 1.29 is 17.6 Å². The number of nitrogen functional groups attached to an aromatic ring is 1. The van der Waals surface area contributed by atoms with Gasteiger partial charge in [0.15, 0.2) is 0 Å². The van der Waals surface area contributed by atoms with E-state index >= 15 is 0 Å². The average molecular weight is 301 g/mol. The molecule has 4 N–H and O–H groups in total. The molecule has 110 valence electrons. The van der Waals surface area contributed by atoms with E-state index in [0.717, 1.165) is 6.07 Å². The first-order valence-electron chi connectivity index (χ1n) is 6.14. The fraction of sp³-hybridized carbons (Fsp3) is 0.417. The molecule has 1 fully saturated rings. The van der Waals surface area contributed by atoms with Crippen LogP contribution in [0.5, 0.6) is 0 Å². The van der Waals surface area contributed by atoms with Gasteiger partial charge in [-0.05, 0) is 31.0 Å². The zero-order valence-electron chi connectivity index (χ0n) is 10.9. The molecule has 1 heterocycles. The molecule has 1 aromatic rings. The first kappa shape index (κ1) is 14.7. The molecule has 8 heteroatoms. The lowest BCUT2D eigenvalue weighted by atomic mass is 10.1. The number of piperidine rings is 1. The van der Waals surface area contributed by atoms with Gasteiger partial charge >= 0.3 is 0 Å². The third kappa shape index (κ3) is 3.07. The highest BCUT2D eigenvalue weighted by Gasteiger charge is 2.25. The molecule has 0 radical (unpaired) electrons. The van der Waals surface area contributed by atoms with E-state index in [1.165, 1.54) is 13.0 Å². The highest BCUT2D eigenvalue weighted by atomic mass is 32.2. The van der Waals surface area contributed by atoms with Gasteiger partial charge in [-0.3, -0.25) is 4.79 Å². The normalized spacial score (nSPS) is 19.7. The summed E-state index contributed by atoms with van der Waals surface area (Å²) in [6, 6.07) is 1.95. The first-order chi connectivity index (χ1) is 9.29. The van der Waals surface area contributed by atoms with Gasteiger partial charge in [-0.25, -0.2) is 17.5 Å². The minimum absolute atomic E-state index is 0.0780. The number of anilines is 1. The van der Waals surface area contributed by atoms with E-state index < -0.39 is 15.8 Å². The van der Waals surface area contributed by atoms with E-state index in [2.05, 4.69) is 10.0 Å². The Morgan fingerprint density at radius 3 is 2.70 bits per heavy atom. The van der Waals surface area contributed by atoms with Crippen LogP contribution >= 0.6 is 0 Å². The van der Waals surface area contributed by atoms with Crippen LogP contribution in [-0.4, -0.2) is 26.9 Å². The smallest absolute Gasteiger partial charge is 0.240 e. The van der Waals surface area contributed by atoms with Crippen LogP contribution < -0.4 is 15.8 Å². The predicted octanol–water partition coefficient (Wildman–Crippen LogP) is 0.273. The van der Waals surface area contributed by atoms with E-state index in [4.69, 9.17) is 5.73 Å². The zero-order valence-corrected chi connectivity index (χ0v) is 11.8. The number of sulfonamides is 1. The van der Waals surface area contributed by atoms with Crippen molar-refractivity contribution >= 4 is 21.6 Å². The van der Waals surface area contributed by atoms with Crippen LogP contribution in [0.3, 0.4) is 0 Å². The molecule has 0 bridgehead atoms. The predicted molar refractivity (Wildman–Crippen MR) is 71.9 cm³/mol. The van der Waals surface area contributed by atoms with Crippen LogP contribution in [0.1, 0.15) is 18.4 Å². The number of rotatable bonds is 3. The molecule has 1 saturated heterocycles. The number of aryl methyl sites for hydroxylation is 1. The number of nitrogens with one attached hydrogen (secondary N) is 2. The maximum absolute atomic E-state index is 13.4. The van der Waals surface area contributed by atoms with Gasteiger partial charge in [0, 0.05) is 19.0 Å². The van der Waals surface area contributed by atoms with Crippen LogP contribution in [0.25, 0.3) is 0 Å². The molecule has 1 aliphatic rings. The summed E-state index contributed by atoms with van der Waals surface area (Å²) < 4.78 is 40.3. The summed E-state index contributed by atoms with van der Waals surface area (Å²) in [6.45, 7) is 1.69. The van der Waals surface area contributed by atoms with E-state index in [1.807, 2.05) is 0 Å². The summed E-state index contributed by atoms with van der Waals surface area (Å²) in [5.41, 5.74) is 5.41. The number of halogens is 1. The molecule has 1 unspecified atom stereocenters. The summed E-state index contributed by atoms with van der Waals surface area (Å²) in [4.78, 5) is 10.9. The minimum Gasteiger partial charge on any atom is -0.396 e. The summed E-state index contributed by atoms with van der Waals surface area (Å²) in [6.07, 6.45) is 0.707. The number of nitrogens with two attached hydrogens (primary N) is 1. The van der Waals surface area contributed by atoms with Crippen molar-refractivity contribution in [2.45, 2.75) is 30.7 Å². The number of carbonyl (C=O) groups excluding carboxylic acids is 1.